The van der Waals surface area contributed by atoms with Crippen molar-refractivity contribution in [1.29, 1.82) is 0 Å². The summed E-state index contributed by atoms with van der Waals surface area (Å²) in [6, 6.07) is 15.2. The van der Waals surface area contributed by atoms with Crippen LogP contribution in [0.3, 0.4) is 0 Å². The van der Waals surface area contributed by atoms with E-state index < -0.39 is 18.2 Å². The van der Waals surface area contributed by atoms with Gasteiger partial charge in [-0.3, -0.25) is 14.5 Å². The summed E-state index contributed by atoms with van der Waals surface area (Å²) in [4.78, 5) is 30.0. The summed E-state index contributed by atoms with van der Waals surface area (Å²) in [5.41, 5.74) is 4.80. The van der Waals surface area contributed by atoms with Crippen LogP contribution in [0.1, 0.15) is 29.2 Å². The van der Waals surface area contributed by atoms with Gasteiger partial charge in [-0.05, 0) is 37.5 Å². The molecule has 3 atom stereocenters. The van der Waals surface area contributed by atoms with E-state index in [1.54, 1.807) is 4.90 Å². The number of benzene rings is 2. The van der Waals surface area contributed by atoms with Crippen molar-refractivity contribution in [2.45, 2.75) is 52.1 Å². The quantitative estimate of drug-likeness (QED) is 0.778. The molecule has 1 N–H and O–H groups in total. The fourth-order valence-corrected chi connectivity index (χ4v) is 4.39. The summed E-state index contributed by atoms with van der Waals surface area (Å²) in [7, 11) is 0. The smallest absolute Gasteiger partial charge is 0.248 e. The molecule has 2 aliphatic heterocycles. The van der Waals surface area contributed by atoms with Crippen LogP contribution in [-0.2, 0) is 27.5 Å². The highest BCUT2D eigenvalue weighted by Crippen LogP contribution is 2.21. The molecular formula is C25H31N3O3. The third-order valence-electron chi connectivity index (χ3n) is 6.34. The van der Waals surface area contributed by atoms with E-state index >= 15 is 0 Å². The number of hydrogen-bond acceptors (Lipinski definition) is 4. The Morgan fingerprint density at radius 1 is 1.10 bits per heavy atom. The van der Waals surface area contributed by atoms with Gasteiger partial charge in [0.25, 0.3) is 0 Å². The van der Waals surface area contributed by atoms with Gasteiger partial charge in [-0.2, -0.15) is 0 Å². The number of carbonyl (C=O) groups is 2. The Balaban J connectivity index is 1.38. The maximum absolute atomic E-state index is 13.1. The van der Waals surface area contributed by atoms with Crippen molar-refractivity contribution < 1.29 is 14.3 Å². The molecule has 6 heteroatoms. The highest BCUT2D eigenvalue weighted by atomic mass is 16.5. The van der Waals surface area contributed by atoms with Gasteiger partial charge in [0.05, 0.1) is 12.7 Å². The van der Waals surface area contributed by atoms with E-state index in [9.17, 15) is 9.59 Å². The average Bonchev–Trinajstić information content (AvgIpc) is 2.78. The number of hydrogen-bond donors (Lipinski definition) is 1. The van der Waals surface area contributed by atoms with E-state index in [0.717, 1.165) is 18.7 Å². The molecule has 6 nitrogen and oxygen atoms in total. The minimum Gasteiger partial charge on any atom is -0.371 e. The number of nitrogens with one attached hydrogen (secondary N) is 1. The first kappa shape index (κ1) is 21.5. The second-order valence-corrected chi connectivity index (χ2v) is 8.70. The number of fused-ring (bicyclic) bond motifs is 1. The van der Waals surface area contributed by atoms with Crippen LogP contribution >= 0.6 is 0 Å². The van der Waals surface area contributed by atoms with Crippen LogP contribution in [-0.4, -0.2) is 59.4 Å². The number of amides is 2. The molecule has 2 aromatic rings. The molecule has 4 rings (SSSR count). The van der Waals surface area contributed by atoms with Crippen molar-refractivity contribution in [2.75, 3.05) is 19.6 Å². The lowest BCUT2D eigenvalue weighted by Gasteiger charge is -2.46. The van der Waals surface area contributed by atoms with E-state index in [-0.39, 0.29) is 11.8 Å². The first-order valence-electron chi connectivity index (χ1n) is 11.0. The largest absolute Gasteiger partial charge is 0.371 e. The van der Waals surface area contributed by atoms with E-state index in [2.05, 4.69) is 42.3 Å². The van der Waals surface area contributed by atoms with Gasteiger partial charge < -0.3 is 15.0 Å². The molecule has 0 radical (unpaired) electrons. The lowest BCUT2D eigenvalue weighted by atomic mass is 10.00. The maximum Gasteiger partial charge on any atom is 0.248 e. The van der Waals surface area contributed by atoms with Crippen LogP contribution < -0.4 is 5.32 Å². The minimum atomic E-state index is -0.641. The summed E-state index contributed by atoms with van der Waals surface area (Å²) in [6.07, 6.45) is -0.398. The minimum absolute atomic E-state index is 0.0449. The van der Waals surface area contributed by atoms with Gasteiger partial charge in [-0.25, -0.2) is 0 Å². The van der Waals surface area contributed by atoms with Crippen LogP contribution in [0.4, 0.5) is 0 Å². The Labute approximate surface area is 184 Å². The number of carbonyl (C=O) groups excluding carboxylic acids is 2. The van der Waals surface area contributed by atoms with Crippen LogP contribution in [0.2, 0.25) is 0 Å². The number of ether oxygens (including phenoxy) is 1. The summed E-state index contributed by atoms with van der Waals surface area (Å²) >= 11 is 0. The number of aryl methyl sites for hydroxylation is 2. The molecule has 0 spiro atoms. The highest BCUT2D eigenvalue weighted by Gasteiger charge is 2.45. The van der Waals surface area contributed by atoms with Gasteiger partial charge in [0, 0.05) is 26.2 Å². The maximum atomic E-state index is 13.1. The van der Waals surface area contributed by atoms with Gasteiger partial charge in [0.2, 0.25) is 11.8 Å². The topological polar surface area (TPSA) is 61.9 Å². The van der Waals surface area contributed by atoms with Crippen molar-refractivity contribution in [3.63, 3.8) is 0 Å². The van der Waals surface area contributed by atoms with E-state index in [1.165, 1.54) is 16.7 Å². The monoisotopic (exact) mass is 421 g/mol. The Kier molecular flexibility index (Phi) is 6.39. The summed E-state index contributed by atoms with van der Waals surface area (Å²) in [6.45, 7) is 9.13. The van der Waals surface area contributed by atoms with Crippen LogP contribution in [0.15, 0.2) is 48.5 Å². The average molecular weight is 422 g/mol. The SMILES string of the molecule is Cc1ccc(C)c(CN2CCN3C(=O)[C@H]([C@@H](C)OCc4ccccc4)NC(=O)[C@H]3C2)c1. The van der Waals surface area contributed by atoms with Crippen LogP contribution in [0.25, 0.3) is 0 Å². The van der Waals surface area contributed by atoms with Crippen molar-refractivity contribution in [2.24, 2.45) is 0 Å². The Morgan fingerprint density at radius 3 is 2.65 bits per heavy atom. The molecule has 2 amide bonds. The molecule has 0 aliphatic carbocycles. The number of piperazine rings is 2. The van der Waals surface area contributed by atoms with Crippen molar-refractivity contribution in [3.8, 4) is 0 Å². The molecule has 2 aliphatic rings. The molecule has 2 saturated heterocycles. The molecule has 0 saturated carbocycles. The number of nitrogens with zero attached hydrogens (tertiary/aromatic N) is 2. The fraction of sp³-hybridized carbons (Fsp3) is 0.440. The van der Waals surface area contributed by atoms with Crippen molar-refractivity contribution in [3.05, 3.63) is 70.8 Å². The predicted octanol–water partition coefficient (Wildman–Crippen LogP) is 2.42. The molecule has 2 aromatic carbocycles. The lowest BCUT2D eigenvalue weighted by Crippen LogP contribution is -2.71. The molecule has 0 aromatic heterocycles. The summed E-state index contributed by atoms with van der Waals surface area (Å²) in [5.74, 6) is -0.137. The van der Waals surface area contributed by atoms with Gasteiger partial charge in [-0.15, -0.1) is 0 Å². The Bertz CT molecular complexity index is 946. The molecule has 2 heterocycles. The molecule has 2 fully saturated rings. The second-order valence-electron chi connectivity index (χ2n) is 8.70. The molecule has 0 unspecified atom stereocenters. The first-order chi connectivity index (χ1) is 14.9. The zero-order valence-corrected chi connectivity index (χ0v) is 18.5. The van der Waals surface area contributed by atoms with Crippen molar-refractivity contribution in [1.82, 2.24) is 15.1 Å². The standard InChI is InChI=1S/C25H31N3O3/c1-17-9-10-18(2)21(13-17)14-27-11-12-28-22(15-27)24(29)26-23(25(28)30)19(3)31-16-20-7-5-4-6-8-20/h4-10,13,19,22-23H,11-12,14-16H2,1-3H3,(H,26,29)/t19-,22-,23+/m1/s1. The Morgan fingerprint density at radius 2 is 1.87 bits per heavy atom. The van der Waals surface area contributed by atoms with Gasteiger partial charge in [0.1, 0.15) is 12.1 Å². The van der Waals surface area contributed by atoms with E-state index in [0.29, 0.717) is 19.7 Å². The molecule has 0 bridgehead atoms. The third kappa shape index (κ3) is 4.81. The third-order valence-corrected chi connectivity index (χ3v) is 6.34. The number of rotatable bonds is 6. The normalized spacial score (nSPS) is 22.7. The van der Waals surface area contributed by atoms with Crippen LogP contribution in [0.5, 0.6) is 0 Å². The molecule has 164 valence electrons. The second kappa shape index (κ2) is 9.20. The van der Waals surface area contributed by atoms with E-state index in [1.807, 2.05) is 37.3 Å². The molecule has 31 heavy (non-hydrogen) atoms. The summed E-state index contributed by atoms with van der Waals surface area (Å²) in [5, 5.41) is 2.92. The molecular weight excluding hydrogens is 390 g/mol. The van der Waals surface area contributed by atoms with Gasteiger partial charge in [-0.1, -0.05) is 54.1 Å². The van der Waals surface area contributed by atoms with E-state index in [4.69, 9.17) is 4.74 Å². The zero-order valence-electron chi connectivity index (χ0n) is 18.5. The Hall–Kier alpha value is -2.70. The lowest BCUT2D eigenvalue weighted by molar-refractivity contribution is -0.157. The van der Waals surface area contributed by atoms with Gasteiger partial charge in [0.15, 0.2) is 0 Å². The van der Waals surface area contributed by atoms with Crippen LogP contribution in [0, 0.1) is 13.8 Å². The van der Waals surface area contributed by atoms with Crippen molar-refractivity contribution >= 4 is 11.8 Å². The zero-order chi connectivity index (χ0) is 22.0. The highest BCUT2D eigenvalue weighted by molar-refractivity contribution is 5.97. The summed E-state index contributed by atoms with van der Waals surface area (Å²) < 4.78 is 5.92. The van der Waals surface area contributed by atoms with Gasteiger partial charge >= 0.3 is 0 Å². The first-order valence-corrected chi connectivity index (χ1v) is 11.0. The predicted molar refractivity (Wildman–Crippen MR) is 119 cm³/mol. The fourth-order valence-electron chi connectivity index (χ4n) is 4.39.